The maximum absolute atomic E-state index is 12.1. The van der Waals surface area contributed by atoms with Gasteiger partial charge in [-0.25, -0.2) is 4.98 Å². The summed E-state index contributed by atoms with van der Waals surface area (Å²) in [6.07, 6.45) is 6.48. The van der Waals surface area contributed by atoms with Crippen molar-refractivity contribution in [3.8, 4) is 0 Å². The zero-order valence-electron chi connectivity index (χ0n) is 10.3. The van der Waals surface area contributed by atoms with Crippen LogP contribution in [0.4, 0.5) is 0 Å². The molecule has 0 unspecified atom stereocenters. The molecule has 2 aromatic heterocycles. The van der Waals surface area contributed by atoms with Gasteiger partial charge in [-0.15, -0.1) is 11.3 Å². The highest BCUT2D eigenvalue weighted by Crippen LogP contribution is 2.18. The lowest BCUT2D eigenvalue weighted by molar-refractivity contribution is 0.556. The summed E-state index contributed by atoms with van der Waals surface area (Å²) in [5.41, 5.74) is 0.0939. The first-order valence-corrected chi connectivity index (χ1v) is 7.38. The highest BCUT2D eigenvalue weighted by Gasteiger charge is 2.19. The molecule has 0 aliphatic heterocycles. The second kappa shape index (κ2) is 5.20. The third-order valence-electron chi connectivity index (χ3n) is 3.29. The number of nitrogens with one attached hydrogen (secondary N) is 1. The number of rotatable bonds is 6. The Bertz CT molecular complexity index is 585. The van der Waals surface area contributed by atoms with Crippen LogP contribution in [0.25, 0.3) is 10.2 Å². The van der Waals surface area contributed by atoms with Crippen LogP contribution >= 0.6 is 11.3 Å². The highest BCUT2D eigenvalue weighted by atomic mass is 32.1. The van der Waals surface area contributed by atoms with Crippen LogP contribution in [-0.4, -0.2) is 22.1 Å². The number of unbranched alkanes of at least 4 members (excludes halogenated alkanes) is 1. The van der Waals surface area contributed by atoms with Crippen molar-refractivity contribution in [3.63, 3.8) is 0 Å². The Morgan fingerprint density at radius 3 is 3.17 bits per heavy atom. The Labute approximate surface area is 110 Å². The van der Waals surface area contributed by atoms with Crippen LogP contribution in [0.5, 0.6) is 0 Å². The Morgan fingerprint density at radius 1 is 1.44 bits per heavy atom. The molecule has 0 bridgehead atoms. The lowest BCUT2D eigenvalue weighted by Crippen LogP contribution is -2.21. The molecule has 4 nitrogen and oxygen atoms in total. The average Bonchev–Trinajstić information content (AvgIpc) is 3.06. The molecule has 0 aromatic carbocycles. The van der Waals surface area contributed by atoms with Crippen LogP contribution < -0.4 is 10.9 Å². The summed E-state index contributed by atoms with van der Waals surface area (Å²) in [5, 5.41) is 6.15. The van der Waals surface area contributed by atoms with Gasteiger partial charge in [0.25, 0.3) is 5.56 Å². The van der Waals surface area contributed by atoms with Crippen molar-refractivity contribution < 1.29 is 0 Å². The quantitative estimate of drug-likeness (QED) is 0.811. The van der Waals surface area contributed by atoms with E-state index in [0.29, 0.717) is 0 Å². The maximum atomic E-state index is 12.1. The van der Waals surface area contributed by atoms with E-state index in [2.05, 4.69) is 10.3 Å². The molecule has 2 heterocycles. The van der Waals surface area contributed by atoms with Crippen molar-refractivity contribution in [2.24, 2.45) is 0 Å². The molecule has 1 aliphatic rings. The molecule has 0 radical (unpaired) electrons. The largest absolute Gasteiger partial charge is 0.314 e. The monoisotopic (exact) mass is 263 g/mol. The van der Waals surface area contributed by atoms with E-state index in [9.17, 15) is 4.79 Å². The first-order chi connectivity index (χ1) is 8.84. The van der Waals surface area contributed by atoms with Gasteiger partial charge in [0.1, 0.15) is 4.83 Å². The molecule has 1 aliphatic carbocycles. The molecule has 2 aromatic rings. The number of hydrogen-bond acceptors (Lipinski definition) is 4. The first kappa shape index (κ1) is 11.9. The molecule has 1 saturated carbocycles. The van der Waals surface area contributed by atoms with Crippen molar-refractivity contribution in [1.29, 1.82) is 0 Å². The second-order valence-corrected chi connectivity index (χ2v) is 5.71. The number of nitrogens with zero attached hydrogens (tertiary/aromatic N) is 2. The maximum Gasteiger partial charge on any atom is 0.262 e. The minimum Gasteiger partial charge on any atom is -0.314 e. The van der Waals surface area contributed by atoms with Gasteiger partial charge in [-0.2, -0.15) is 0 Å². The van der Waals surface area contributed by atoms with Gasteiger partial charge in [0.2, 0.25) is 0 Å². The van der Waals surface area contributed by atoms with Crippen LogP contribution in [0.1, 0.15) is 25.7 Å². The van der Waals surface area contributed by atoms with Gasteiger partial charge in [-0.1, -0.05) is 0 Å². The molecular formula is C13H17N3OS. The molecule has 18 heavy (non-hydrogen) atoms. The van der Waals surface area contributed by atoms with Crippen molar-refractivity contribution in [3.05, 3.63) is 28.1 Å². The normalized spacial score (nSPS) is 15.3. The lowest BCUT2D eigenvalue weighted by atomic mass is 10.3. The molecule has 5 heteroatoms. The number of aryl methyl sites for hydroxylation is 1. The van der Waals surface area contributed by atoms with Crippen molar-refractivity contribution in [1.82, 2.24) is 14.9 Å². The zero-order chi connectivity index (χ0) is 12.4. The topological polar surface area (TPSA) is 46.9 Å². The van der Waals surface area contributed by atoms with Crippen molar-refractivity contribution in [2.75, 3.05) is 6.54 Å². The van der Waals surface area contributed by atoms with Crippen LogP contribution in [0.15, 0.2) is 22.6 Å². The second-order valence-electron chi connectivity index (χ2n) is 4.82. The summed E-state index contributed by atoms with van der Waals surface area (Å²) in [4.78, 5) is 17.2. The minimum atomic E-state index is 0.0939. The van der Waals surface area contributed by atoms with E-state index in [-0.39, 0.29) is 5.56 Å². The Hall–Kier alpha value is -1.20. The Balaban J connectivity index is 1.56. The molecular weight excluding hydrogens is 246 g/mol. The third-order valence-corrected chi connectivity index (χ3v) is 4.11. The summed E-state index contributed by atoms with van der Waals surface area (Å²) in [6.45, 7) is 1.83. The van der Waals surface area contributed by atoms with Crippen molar-refractivity contribution in [2.45, 2.75) is 38.3 Å². The van der Waals surface area contributed by atoms with E-state index in [4.69, 9.17) is 0 Å². The number of fused-ring (bicyclic) bond motifs is 1. The highest BCUT2D eigenvalue weighted by molar-refractivity contribution is 7.16. The molecule has 96 valence electrons. The molecule has 0 spiro atoms. The van der Waals surface area contributed by atoms with Crippen LogP contribution in [0.2, 0.25) is 0 Å². The summed E-state index contributed by atoms with van der Waals surface area (Å²) in [6, 6.07) is 2.64. The molecule has 0 amide bonds. The van der Waals surface area contributed by atoms with E-state index in [1.54, 1.807) is 10.9 Å². The molecule has 3 rings (SSSR count). The van der Waals surface area contributed by atoms with E-state index < -0.39 is 0 Å². The predicted octanol–water partition coefficient (Wildman–Crippen LogP) is 1.99. The number of hydrogen-bond donors (Lipinski definition) is 1. The van der Waals surface area contributed by atoms with Gasteiger partial charge < -0.3 is 5.32 Å². The minimum absolute atomic E-state index is 0.0939. The van der Waals surface area contributed by atoms with Gasteiger partial charge in [0.05, 0.1) is 11.7 Å². The van der Waals surface area contributed by atoms with Gasteiger partial charge in [0, 0.05) is 12.6 Å². The van der Waals surface area contributed by atoms with Crippen LogP contribution in [0.3, 0.4) is 0 Å². The molecule has 0 saturated heterocycles. The Morgan fingerprint density at radius 2 is 2.33 bits per heavy atom. The summed E-state index contributed by atoms with van der Waals surface area (Å²) in [7, 11) is 0. The summed E-state index contributed by atoms with van der Waals surface area (Å²) >= 11 is 1.52. The van der Waals surface area contributed by atoms with Gasteiger partial charge in [-0.3, -0.25) is 9.36 Å². The number of thiophene rings is 1. The fourth-order valence-corrected chi connectivity index (χ4v) is 2.78. The first-order valence-electron chi connectivity index (χ1n) is 6.50. The standard InChI is InChI=1S/C13H17N3OS/c17-13-11-5-8-18-12(11)15-9-16(13)7-2-1-6-14-10-3-4-10/h5,8-10,14H,1-4,6-7H2. The van der Waals surface area contributed by atoms with Crippen LogP contribution in [-0.2, 0) is 6.54 Å². The van der Waals surface area contributed by atoms with E-state index in [0.717, 1.165) is 42.2 Å². The number of aromatic nitrogens is 2. The molecule has 0 atom stereocenters. The fraction of sp³-hybridized carbons (Fsp3) is 0.538. The van der Waals surface area contributed by atoms with Gasteiger partial charge >= 0.3 is 0 Å². The van der Waals surface area contributed by atoms with Gasteiger partial charge in [-0.05, 0) is 43.7 Å². The molecule has 1 N–H and O–H groups in total. The van der Waals surface area contributed by atoms with E-state index in [1.807, 2.05) is 11.4 Å². The lowest BCUT2D eigenvalue weighted by Gasteiger charge is -2.05. The van der Waals surface area contributed by atoms with Crippen molar-refractivity contribution >= 4 is 21.6 Å². The Kier molecular flexibility index (Phi) is 3.43. The summed E-state index contributed by atoms with van der Waals surface area (Å²) < 4.78 is 1.73. The van der Waals surface area contributed by atoms with Gasteiger partial charge in [0.15, 0.2) is 0 Å². The smallest absolute Gasteiger partial charge is 0.262 e. The van der Waals surface area contributed by atoms with E-state index in [1.165, 1.54) is 24.2 Å². The summed E-state index contributed by atoms with van der Waals surface area (Å²) in [5.74, 6) is 0. The fourth-order valence-electron chi connectivity index (χ4n) is 2.05. The average molecular weight is 263 g/mol. The SMILES string of the molecule is O=c1c2ccsc2ncn1CCCCNC1CC1. The third kappa shape index (κ3) is 2.62. The predicted molar refractivity (Wildman–Crippen MR) is 74.1 cm³/mol. The van der Waals surface area contributed by atoms with E-state index >= 15 is 0 Å². The molecule has 1 fully saturated rings. The van der Waals surface area contributed by atoms with Crippen LogP contribution in [0, 0.1) is 0 Å². The zero-order valence-corrected chi connectivity index (χ0v) is 11.1.